The molecular weight excluding hydrogens is 443 g/mol. The van der Waals surface area contributed by atoms with Gasteiger partial charge in [-0.25, -0.2) is 12.8 Å². The van der Waals surface area contributed by atoms with Crippen molar-refractivity contribution in [3.8, 4) is 5.75 Å². The van der Waals surface area contributed by atoms with Crippen molar-refractivity contribution in [1.29, 1.82) is 0 Å². The predicted molar refractivity (Wildman–Crippen MR) is 131 cm³/mol. The van der Waals surface area contributed by atoms with Gasteiger partial charge in [0.1, 0.15) is 11.6 Å². The molecule has 0 saturated heterocycles. The first-order valence-electron chi connectivity index (χ1n) is 11.1. The van der Waals surface area contributed by atoms with Gasteiger partial charge in [0.05, 0.1) is 24.5 Å². The number of unbranched alkanes of at least 4 members (excludes halogenated alkanes) is 1. The van der Waals surface area contributed by atoms with Crippen molar-refractivity contribution in [1.82, 2.24) is 5.32 Å². The van der Waals surface area contributed by atoms with Crippen LogP contribution in [0.2, 0.25) is 0 Å². The van der Waals surface area contributed by atoms with Crippen molar-refractivity contribution in [3.63, 3.8) is 0 Å². The number of hydrogen-bond donors (Lipinski definition) is 2. The number of benzene rings is 2. The van der Waals surface area contributed by atoms with Crippen LogP contribution in [-0.4, -0.2) is 27.2 Å². The summed E-state index contributed by atoms with van der Waals surface area (Å²) in [6.45, 7) is 11.1. The van der Waals surface area contributed by atoms with Crippen molar-refractivity contribution in [2.24, 2.45) is 0 Å². The maximum Gasteiger partial charge on any atom is 0.229 e. The molecule has 0 aliphatic carbocycles. The number of anilines is 1. The third kappa shape index (κ3) is 8.03. The van der Waals surface area contributed by atoms with E-state index in [0.717, 1.165) is 36.0 Å². The summed E-state index contributed by atoms with van der Waals surface area (Å²) in [4.78, 5) is 12.8. The normalized spacial score (nSPS) is 12.8. The SMILES string of the molecule is CCCCOc1cc(C(C)(C)C)ccc1CNC(=O)C(C)c1ccc(NS(C)(=O)=O)c(F)c1. The van der Waals surface area contributed by atoms with E-state index in [1.807, 2.05) is 18.2 Å². The molecule has 0 spiro atoms. The van der Waals surface area contributed by atoms with E-state index in [0.29, 0.717) is 12.2 Å². The molecule has 182 valence electrons. The van der Waals surface area contributed by atoms with Crippen LogP contribution in [0.3, 0.4) is 0 Å². The number of sulfonamides is 1. The summed E-state index contributed by atoms with van der Waals surface area (Å²) >= 11 is 0. The Kier molecular flexibility index (Phi) is 8.89. The minimum atomic E-state index is -3.59. The van der Waals surface area contributed by atoms with Crippen molar-refractivity contribution in [2.45, 2.75) is 65.3 Å². The van der Waals surface area contributed by atoms with Gasteiger partial charge in [-0.15, -0.1) is 0 Å². The van der Waals surface area contributed by atoms with E-state index in [2.05, 4.69) is 37.7 Å². The average molecular weight is 479 g/mol. The summed E-state index contributed by atoms with van der Waals surface area (Å²) in [6.07, 6.45) is 2.92. The van der Waals surface area contributed by atoms with Crippen LogP contribution >= 0.6 is 0 Å². The van der Waals surface area contributed by atoms with Crippen molar-refractivity contribution < 1.29 is 22.3 Å². The molecule has 0 radical (unpaired) electrons. The zero-order valence-corrected chi connectivity index (χ0v) is 21.1. The van der Waals surface area contributed by atoms with E-state index in [4.69, 9.17) is 4.74 Å². The third-order valence-electron chi connectivity index (χ3n) is 5.32. The molecule has 2 aromatic carbocycles. The summed E-state index contributed by atoms with van der Waals surface area (Å²) in [5.74, 6) is -0.865. The number of rotatable bonds is 10. The zero-order chi connectivity index (χ0) is 24.8. The van der Waals surface area contributed by atoms with Crippen molar-refractivity contribution in [2.75, 3.05) is 17.6 Å². The molecule has 33 heavy (non-hydrogen) atoms. The molecule has 1 unspecified atom stereocenters. The Morgan fingerprint density at radius 2 is 1.85 bits per heavy atom. The van der Waals surface area contributed by atoms with E-state index < -0.39 is 21.8 Å². The molecule has 0 aromatic heterocycles. The van der Waals surface area contributed by atoms with Crippen LogP contribution in [0.4, 0.5) is 10.1 Å². The van der Waals surface area contributed by atoms with Crippen LogP contribution in [0, 0.1) is 5.82 Å². The molecule has 2 N–H and O–H groups in total. The van der Waals surface area contributed by atoms with Gasteiger partial charge >= 0.3 is 0 Å². The minimum absolute atomic E-state index is 0.0264. The highest BCUT2D eigenvalue weighted by Crippen LogP contribution is 2.29. The number of carbonyl (C=O) groups excluding carboxylic acids is 1. The standard InChI is InChI=1S/C25H35FN2O4S/c1-7-8-13-32-23-15-20(25(3,4)5)11-9-19(23)16-27-24(29)17(2)18-10-12-22(21(26)14-18)28-33(6,30)31/h9-12,14-15,17,28H,7-8,13,16H2,1-6H3,(H,27,29). The number of carbonyl (C=O) groups is 1. The van der Waals surface area contributed by atoms with E-state index in [1.165, 1.54) is 18.2 Å². The Morgan fingerprint density at radius 3 is 2.42 bits per heavy atom. The fraction of sp³-hybridized carbons (Fsp3) is 0.480. The van der Waals surface area contributed by atoms with Crippen LogP contribution in [0.25, 0.3) is 0 Å². The van der Waals surface area contributed by atoms with Crippen LogP contribution in [0.15, 0.2) is 36.4 Å². The van der Waals surface area contributed by atoms with Crippen molar-refractivity contribution in [3.05, 3.63) is 58.9 Å². The van der Waals surface area contributed by atoms with Crippen LogP contribution < -0.4 is 14.8 Å². The van der Waals surface area contributed by atoms with Gasteiger partial charge in [-0.3, -0.25) is 9.52 Å². The number of amides is 1. The smallest absolute Gasteiger partial charge is 0.229 e. The largest absolute Gasteiger partial charge is 0.493 e. The fourth-order valence-corrected chi connectivity index (χ4v) is 3.76. The monoisotopic (exact) mass is 478 g/mol. The van der Waals surface area contributed by atoms with E-state index >= 15 is 0 Å². The lowest BCUT2D eigenvalue weighted by Gasteiger charge is -2.22. The average Bonchev–Trinajstić information content (AvgIpc) is 2.72. The molecule has 0 bridgehead atoms. The van der Waals surface area contributed by atoms with E-state index in [-0.39, 0.29) is 23.6 Å². The lowest BCUT2D eigenvalue weighted by atomic mass is 9.86. The first-order chi connectivity index (χ1) is 15.3. The quantitative estimate of drug-likeness (QED) is 0.466. The summed E-state index contributed by atoms with van der Waals surface area (Å²) in [5, 5.41) is 2.91. The molecule has 0 heterocycles. The minimum Gasteiger partial charge on any atom is -0.493 e. The highest BCUT2D eigenvalue weighted by atomic mass is 32.2. The summed E-state index contributed by atoms with van der Waals surface area (Å²) < 4.78 is 45.1. The summed E-state index contributed by atoms with van der Waals surface area (Å²) in [5.41, 5.74) is 2.30. The Balaban J connectivity index is 2.13. The third-order valence-corrected chi connectivity index (χ3v) is 5.91. The number of hydrogen-bond acceptors (Lipinski definition) is 4. The highest BCUT2D eigenvalue weighted by molar-refractivity contribution is 7.92. The van der Waals surface area contributed by atoms with Gasteiger partial charge in [-0.05, 0) is 48.1 Å². The Hall–Kier alpha value is -2.61. The summed E-state index contributed by atoms with van der Waals surface area (Å²) in [6, 6.07) is 10.1. The van der Waals surface area contributed by atoms with Crippen LogP contribution in [0.1, 0.15) is 70.1 Å². The molecule has 2 aromatic rings. The zero-order valence-electron chi connectivity index (χ0n) is 20.3. The van der Waals surface area contributed by atoms with Gasteiger partial charge in [0, 0.05) is 12.1 Å². The number of nitrogens with one attached hydrogen (secondary N) is 2. The summed E-state index contributed by atoms with van der Waals surface area (Å²) in [7, 11) is -3.59. The van der Waals surface area contributed by atoms with E-state index in [1.54, 1.807) is 6.92 Å². The maximum absolute atomic E-state index is 14.3. The molecular formula is C25H35FN2O4S. The molecule has 6 nitrogen and oxygen atoms in total. The predicted octanol–water partition coefficient (Wildman–Crippen LogP) is 5.09. The Bertz CT molecular complexity index is 1080. The molecule has 0 saturated carbocycles. The van der Waals surface area contributed by atoms with Gasteiger partial charge in [-0.2, -0.15) is 0 Å². The topological polar surface area (TPSA) is 84.5 Å². The highest BCUT2D eigenvalue weighted by Gasteiger charge is 2.20. The van der Waals surface area contributed by atoms with Gasteiger partial charge in [0.2, 0.25) is 15.9 Å². The molecule has 2 rings (SSSR count). The second kappa shape index (κ2) is 11.0. The molecule has 1 atom stereocenters. The van der Waals surface area contributed by atoms with Gasteiger partial charge in [0.25, 0.3) is 0 Å². The number of halogens is 1. The van der Waals surface area contributed by atoms with Gasteiger partial charge < -0.3 is 10.1 Å². The molecule has 0 aliphatic heterocycles. The molecule has 0 fully saturated rings. The molecule has 1 amide bonds. The Labute approximate surface area is 197 Å². The first kappa shape index (κ1) is 26.6. The Morgan fingerprint density at radius 1 is 1.15 bits per heavy atom. The second-order valence-corrected chi connectivity index (χ2v) is 11.1. The maximum atomic E-state index is 14.3. The molecule has 0 aliphatic rings. The number of ether oxygens (including phenoxy) is 1. The lowest BCUT2D eigenvalue weighted by Crippen LogP contribution is -2.28. The van der Waals surface area contributed by atoms with Crippen LogP contribution in [-0.2, 0) is 26.8 Å². The van der Waals surface area contributed by atoms with Gasteiger partial charge in [0.15, 0.2) is 0 Å². The van der Waals surface area contributed by atoms with Crippen LogP contribution in [0.5, 0.6) is 5.75 Å². The second-order valence-electron chi connectivity index (χ2n) is 9.33. The van der Waals surface area contributed by atoms with Crippen molar-refractivity contribution >= 4 is 21.6 Å². The first-order valence-corrected chi connectivity index (χ1v) is 13.0. The fourth-order valence-electron chi connectivity index (χ4n) is 3.20. The van der Waals surface area contributed by atoms with E-state index in [9.17, 15) is 17.6 Å². The van der Waals surface area contributed by atoms with Gasteiger partial charge in [-0.1, -0.05) is 52.3 Å². The molecule has 8 heteroatoms. The lowest BCUT2D eigenvalue weighted by molar-refractivity contribution is -0.122.